The summed E-state index contributed by atoms with van der Waals surface area (Å²) in [5.41, 5.74) is -0.926. The highest BCUT2D eigenvalue weighted by Crippen LogP contribution is 2.29. The van der Waals surface area contributed by atoms with E-state index in [1.807, 2.05) is 5.38 Å². The Kier molecular flexibility index (Phi) is 4.14. The summed E-state index contributed by atoms with van der Waals surface area (Å²) in [6.45, 7) is 1.64. The Morgan fingerprint density at radius 1 is 1.18 bits per heavy atom. The van der Waals surface area contributed by atoms with Crippen LogP contribution in [-0.2, 0) is 6.18 Å². The number of alkyl halides is 3. The van der Waals surface area contributed by atoms with Gasteiger partial charge >= 0.3 is 6.18 Å². The zero-order chi connectivity index (χ0) is 15.6. The number of nitrogens with zero attached hydrogens (tertiary/aromatic N) is 4. The predicted octanol–water partition coefficient (Wildman–Crippen LogP) is 3.03. The van der Waals surface area contributed by atoms with Crippen molar-refractivity contribution in [2.75, 3.05) is 23.3 Å². The molecule has 0 bridgehead atoms. The van der Waals surface area contributed by atoms with Crippen LogP contribution < -0.4 is 10.2 Å². The molecule has 1 aliphatic rings. The van der Waals surface area contributed by atoms with Crippen LogP contribution in [0, 0.1) is 0 Å². The van der Waals surface area contributed by atoms with Crippen LogP contribution in [0.4, 0.5) is 24.1 Å². The molecule has 1 aliphatic heterocycles. The van der Waals surface area contributed by atoms with E-state index < -0.39 is 11.9 Å². The molecule has 5 nitrogen and oxygen atoms in total. The highest BCUT2D eigenvalue weighted by Gasteiger charge is 2.33. The molecule has 118 valence electrons. The Bertz CT molecular complexity index is 608. The van der Waals surface area contributed by atoms with Crippen molar-refractivity contribution in [2.45, 2.75) is 25.1 Å². The van der Waals surface area contributed by atoms with Crippen LogP contribution in [0.25, 0.3) is 0 Å². The van der Waals surface area contributed by atoms with Crippen LogP contribution in [0.5, 0.6) is 0 Å². The van der Waals surface area contributed by atoms with Crippen LogP contribution in [0.15, 0.2) is 24.0 Å². The minimum atomic E-state index is -4.45. The molecule has 0 atom stereocenters. The van der Waals surface area contributed by atoms with Gasteiger partial charge in [-0.2, -0.15) is 13.2 Å². The second kappa shape index (κ2) is 6.07. The normalized spacial score (nSPS) is 16.8. The smallest absolute Gasteiger partial charge is 0.367 e. The van der Waals surface area contributed by atoms with Crippen LogP contribution >= 0.6 is 11.3 Å². The molecule has 0 spiro atoms. The topological polar surface area (TPSA) is 53.9 Å². The maximum absolute atomic E-state index is 12.6. The van der Waals surface area contributed by atoms with Gasteiger partial charge < -0.3 is 10.2 Å². The molecule has 1 fully saturated rings. The Morgan fingerprint density at radius 2 is 1.95 bits per heavy atom. The molecule has 0 aromatic carbocycles. The fourth-order valence-electron chi connectivity index (χ4n) is 2.39. The first-order valence-corrected chi connectivity index (χ1v) is 7.70. The summed E-state index contributed by atoms with van der Waals surface area (Å²) >= 11 is 1.59. The van der Waals surface area contributed by atoms with E-state index in [4.69, 9.17) is 0 Å². The molecule has 9 heteroatoms. The highest BCUT2D eigenvalue weighted by atomic mass is 32.1. The summed E-state index contributed by atoms with van der Waals surface area (Å²) in [7, 11) is 0. The molecule has 3 heterocycles. The van der Waals surface area contributed by atoms with E-state index in [0.717, 1.165) is 43.5 Å². The summed E-state index contributed by atoms with van der Waals surface area (Å²) in [4.78, 5) is 13.6. The molecule has 0 unspecified atom stereocenters. The number of thiazole rings is 1. The zero-order valence-electron chi connectivity index (χ0n) is 11.5. The number of halogens is 3. The van der Waals surface area contributed by atoms with Gasteiger partial charge in [0.25, 0.3) is 0 Å². The van der Waals surface area contributed by atoms with Crippen molar-refractivity contribution in [3.05, 3.63) is 29.7 Å². The summed E-state index contributed by atoms with van der Waals surface area (Å²) in [5, 5.41) is 5.98. The van der Waals surface area contributed by atoms with Crippen molar-refractivity contribution in [1.82, 2.24) is 15.0 Å². The SMILES string of the molecule is FC(F)(F)c1cc(NC2CCN(c3nccs3)CC2)ncn1. The van der Waals surface area contributed by atoms with E-state index in [0.29, 0.717) is 0 Å². The third-order valence-electron chi connectivity index (χ3n) is 3.49. The van der Waals surface area contributed by atoms with E-state index in [-0.39, 0.29) is 11.9 Å². The van der Waals surface area contributed by atoms with Gasteiger partial charge in [0, 0.05) is 36.8 Å². The lowest BCUT2D eigenvalue weighted by Crippen LogP contribution is -2.39. The van der Waals surface area contributed by atoms with Crippen molar-refractivity contribution in [2.24, 2.45) is 0 Å². The quantitative estimate of drug-likeness (QED) is 0.938. The number of nitrogens with one attached hydrogen (secondary N) is 1. The lowest BCUT2D eigenvalue weighted by Gasteiger charge is -2.32. The van der Waals surface area contributed by atoms with E-state index in [9.17, 15) is 13.2 Å². The molecule has 1 saturated heterocycles. The lowest BCUT2D eigenvalue weighted by atomic mass is 10.1. The number of hydrogen-bond donors (Lipinski definition) is 1. The largest absolute Gasteiger partial charge is 0.433 e. The Balaban J connectivity index is 1.59. The number of rotatable bonds is 3. The van der Waals surface area contributed by atoms with Gasteiger partial charge in [0.2, 0.25) is 0 Å². The predicted molar refractivity (Wildman–Crippen MR) is 78.0 cm³/mol. The van der Waals surface area contributed by atoms with E-state index >= 15 is 0 Å². The van der Waals surface area contributed by atoms with Gasteiger partial charge in [0.05, 0.1) is 0 Å². The third-order valence-corrected chi connectivity index (χ3v) is 4.33. The number of anilines is 2. The second-order valence-electron chi connectivity index (χ2n) is 5.01. The lowest BCUT2D eigenvalue weighted by molar-refractivity contribution is -0.141. The average Bonchev–Trinajstić information content (AvgIpc) is 3.02. The van der Waals surface area contributed by atoms with Crippen LogP contribution in [0.3, 0.4) is 0 Å². The van der Waals surface area contributed by atoms with Crippen molar-refractivity contribution < 1.29 is 13.2 Å². The fourth-order valence-corrected chi connectivity index (χ4v) is 3.08. The molecule has 0 amide bonds. The second-order valence-corrected chi connectivity index (χ2v) is 5.88. The molecule has 0 aliphatic carbocycles. The Morgan fingerprint density at radius 3 is 2.59 bits per heavy atom. The van der Waals surface area contributed by atoms with Gasteiger partial charge in [-0.3, -0.25) is 0 Å². The van der Waals surface area contributed by atoms with E-state index in [1.54, 1.807) is 17.5 Å². The van der Waals surface area contributed by atoms with Crippen molar-refractivity contribution in [3.8, 4) is 0 Å². The monoisotopic (exact) mass is 329 g/mol. The molecule has 22 heavy (non-hydrogen) atoms. The minimum Gasteiger partial charge on any atom is -0.367 e. The third kappa shape index (κ3) is 3.46. The molecule has 1 N–H and O–H groups in total. The van der Waals surface area contributed by atoms with E-state index in [1.165, 1.54) is 0 Å². The van der Waals surface area contributed by atoms with Gasteiger partial charge in [-0.1, -0.05) is 0 Å². The van der Waals surface area contributed by atoms with Crippen molar-refractivity contribution >= 4 is 22.3 Å². The van der Waals surface area contributed by atoms with Gasteiger partial charge in [-0.15, -0.1) is 11.3 Å². The zero-order valence-corrected chi connectivity index (χ0v) is 12.4. The number of aromatic nitrogens is 3. The van der Waals surface area contributed by atoms with Crippen molar-refractivity contribution in [1.29, 1.82) is 0 Å². The summed E-state index contributed by atoms with van der Waals surface area (Å²) in [6, 6.07) is 1.06. The van der Waals surface area contributed by atoms with E-state index in [2.05, 4.69) is 25.2 Å². The average molecular weight is 329 g/mol. The van der Waals surface area contributed by atoms with Crippen LogP contribution in [0.2, 0.25) is 0 Å². The molecule has 2 aromatic rings. The van der Waals surface area contributed by atoms with Gasteiger partial charge in [-0.05, 0) is 12.8 Å². The maximum Gasteiger partial charge on any atom is 0.433 e. The van der Waals surface area contributed by atoms with Crippen LogP contribution in [0.1, 0.15) is 18.5 Å². The standard InChI is InChI=1S/C13H14F3N5S/c14-13(15,16)10-7-11(19-8-18-10)20-9-1-4-21(5-2-9)12-17-3-6-22-12/h3,6-9H,1-2,4-5H2,(H,18,19,20). The first kappa shape index (κ1) is 15.0. The summed E-state index contributed by atoms with van der Waals surface area (Å²) < 4.78 is 37.9. The van der Waals surface area contributed by atoms with Crippen LogP contribution in [-0.4, -0.2) is 34.1 Å². The van der Waals surface area contributed by atoms with Gasteiger partial charge in [-0.25, -0.2) is 15.0 Å². The van der Waals surface area contributed by atoms with Gasteiger partial charge in [0.15, 0.2) is 5.13 Å². The Labute approximate surface area is 129 Å². The summed E-state index contributed by atoms with van der Waals surface area (Å²) in [6.07, 6.45) is -0.0941. The summed E-state index contributed by atoms with van der Waals surface area (Å²) in [5.74, 6) is 0.218. The molecular weight excluding hydrogens is 315 g/mol. The Hall–Kier alpha value is -1.90. The minimum absolute atomic E-state index is 0.104. The van der Waals surface area contributed by atoms with Gasteiger partial charge in [0.1, 0.15) is 17.8 Å². The van der Waals surface area contributed by atoms with Crippen molar-refractivity contribution in [3.63, 3.8) is 0 Å². The molecular formula is C13H14F3N5S. The molecule has 3 rings (SSSR count). The number of hydrogen-bond acceptors (Lipinski definition) is 6. The fraction of sp³-hybridized carbons (Fsp3) is 0.462. The molecule has 0 radical (unpaired) electrons. The molecule has 0 saturated carbocycles. The highest BCUT2D eigenvalue weighted by molar-refractivity contribution is 7.13. The maximum atomic E-state index is 12.6. The molecule has 2 aromatic heterocycles. The number of piperidine rings is 1. The first-order valence-electron chi connectivity index (χ1n) is 6.82. The first-order chi connectivity index (χ1) is 10.5.